The fourth-order valence-corrected chi connectivity index (χ4v) is 4.10. The van der Waals surface area contributed by atoms with Crippen molar-refractivity contribution in [3.8, 4) is 11.3 Å². The van der Waals surface area contributed by atoms with E-state index in [1.165, 1.54) is 47.1 Å². The minimum Gasteiger partial charge on any atom is -0.298 e. The molecule has 1 N–H and O–H groups in total. The summed E-state index contributed by atoms with van der Waals surface area (Å²) in [5, 5.41) is 16.3. The molecule has 27 heavy (non-hydrogen) atoms. The molecule has 0 fully saturated rings. The van der Waals surface area contributed by atoms with Crippen LogP contribution in [0.3, 0.4) is 0 Å². The van der Waals surface area contributed by atoms with Gasteiger partial charge in [-0.3, -0.25) is 20.2 Å². The van der Waals surface area contributed by atoms with E-state index in [0.29, 0.717) is 5.13 Å². The Labute approximate surface area is 164 Å². The van der Waals surface area contributed by atoms with E-state index in [9.17, 15) is 14.9 Å². The third-order valence-electron chi connectivity index (χ3n) is 4.52. The van der Waals surface area contributed by atoms with Crippen molar-refractivity contribution in [2.75, 3.05) is 5.32 Å². The molecule has 0 aliphatic heterocycles. The Morgan fingerprint density at radius 2 is 2.00 bits per heavy atom. The lowest BCUT2D eigenvalue weighted by atomic mass is 10.1. The summed E-state index contributed by atoms with van der Waals surface area (Å²) < 4.78 is 0. The highest BCUT2D eigenvalue weighted by Gasteiger charge is 2.21. The van der Waals surface area contributed by atoms with E-state index in [0.717, 1.165) is 24.1 Å². The van der Waals surface area contributed by atoms with Crippen LogP contribution in [0, 0.1) is 10.1 Å². The number of aromatic nitrogens is 1. The molecule has 3 aromatic rings. The summed E-state index contributed by atoms with van der Waals surface area (Å²) in [6, 6.07) is 10.2. The number of nitrogens with one attached hydrogen (secondary N) is 1. The molecule has 1 heterocycles. The highest BCUT2D eigenvalue weighted by molar-refractivity contribution is 7.14. The molecule has 6 nitrogen and oxygen atoms in total. The van der Waals surface area contributed by atoms with Crippen LogP contribution in [-0.4, -0.2) is 15.8 Å². The number of carbonyl (C=O) groups is 1. The minimum absolute atomic E-state index is 0.0956. The van der Waals surface area contributed by atoms with Crippen LogP contribution in [0.2, 0.25) is 5.02 Å². The van der Waals surface area contributed by atoms with E-state index in [2.05, 4.69) is 22.4 Å². The van der Waals surface area contributed by atoms with Crippen molar-refractivity contribution in [2.24, 2.45) is 0 Å². The number of fused-ring (bicyclic) bond motifs is 1. The molecular formula is C19H14ClN3O3S. The number of nitro benzene ring substituents is 1. The zero-order valence-electron chi connectivity index (χ0n) is 14.1. The number of amides is 1. The lowest BCUT2D eigenvalue weighted by Crippen LogP contribution is -2.13. The van der Waals surface area contributed by atoms with Crippen LogP contribution in [0.25, 0.3) is 11.3 Å². The number of rotatable bonds is 4. The molecule has 4 rings (SSSR count). The number of thiazole rings is 1. The molecule has 1 aliphatic rings. The van der Waals surface area contributed by atoms with E-state index in [1.54, 1.807) is 0 Å². The number of halogens is 1. The Balaban J connectivity index is 1.57. The molecule has 0 radical (unpaired) electrons. The number of aryl methyl sites for hydroxylation is 2. The van der Waals surface area contributed by atoms with Gasteiger partial charge in [-0.1, -0.05) is 23.7 Å². The van der Waals surface area contributed by atoms with Gasteiger partial charge in [0.25, 0.3) is 11.6 Å². The fraction of sp³-hybridized carbons (Fsp3) is 0.158. The van der Waals surface area contributed by atoms with Gasteiger partial charge >= 0.3 is 0 Å². The molecule has 2 aromatic carbocycles. The lowest BCUT2D eigenvalue weighted by molar-refractivity contribution is -0.385. The molecule has 0 bridgehead atoms. The molecule has 8 heteroatoms. The molecular weight excluding hydrogens is 386 g/mol. The largest absolute Gasteiger partial charge is 0.298 e. The van der Waals surface area contributed by atoms with Gasteiger partial charge in [0.2, 0.25) is 0 Å². The van der Waals surface area contributed by atoms with Crippen molar-refractivity contribution in [3.63, 3.8) is 0 Å². The van der Waals surface area contributed by atoms with Crippen LogP contribution in [0.4, 0.5) is 10.8 Å². The van der Waals surface area contributed by atoms with Gasteiger partial charge in [0, 0.05) is 22.0 Å². The number of hydrogen-bond acceptors (Lipinski definition) is 5. The Morgan fingerprint density at radius 3 is 2.81 bits per heavy atom. The maximum absolute atomic E-state index is 12.5. The third kappa shape index (κ3) is 3.56. The molecule has 136 valence electrons. The number of benzene rings is 2. The number of carbonyl (C=O) groups excluding carboxylic acids is 1. The Hall–Kier alpha value is -2.77. The van der Waals surface area contributed by atoms with Crippen molar-refractivity contribution >= 4 is 39.7 Å². The summed E-state index contributed by atoms with van der Waals surface area (Å²) >= 11 is 7.16. The second kappa shape index (κ2) is 7.09. The van der Waals surface area contributed by atoms with Crippen molar-refractivity contribution < 1.29 is 9.72 Å². The maximum Gasteiger partial charge on any atom is 0.282 e. The van der Waals surface area contributed by atoms with Crippen LogP contribution < -0.4 is 5.32 Å². The van der Waals surface area contributed by atoms with Gasteiger partial charge < -0.3 is 0 Å². The Morgan fingerprint density at radius 1 is 1.19 bits per heavy atom. The van der Waals surface area contributed by atoms with Gasteiger partial charge in [0.05, 0.1) is 10.6 Å². The molecule has 1 aliphatic carbocycles. The smallest absolute Gasteiger partial charge is 0.282 e. The SMILES string of the molecule is O=C(Nc1nc(-c2ccc3c(c2)CCC3)cs1)c1cc(Cl)ccc1[N+](=O)[O-]. The van der Waals surface area contributed by atoms with Gasteiger partial charge in [-0.2, -0.15) is 0 Å². The standard InChI is InChI=1S/C19H14ClN3O3S/c20-14-6-7-17(23(25)26)15(9-14)18(24)22-19-21-16(10-27-19)13-5-4-11-2-1-3-12(11)8-13/h4-10H,1-3H2,(H,21,22,24). The predicted octanol–water partition coefficient (Wildman–Crippen LogP) is 5.11. The first-order chi connectivity index (χ1) is 13.0. The maximum atomic E-state index is 12.5. The van der Waals surface area contributed by atoms with Gasteiger partial charge in [-0.25, -0.2) is 4.98 Å². The van der Waals surface area contributed by atoms with E-state index < -0.39 is 10.8 Å². The first kappa shape index (κ1) is 17.6. The highest BCUT2D eigenvalue weighted by Crippen LogP contribution is 2.31. The van der Waals surface area contributed by atoms with Crippen molar-refractivity contribution in [1.29, 1.82) is 0 Å². The third-order valence-corrected chi connectivity index (χ3v) is 5.51. The average molecular weight is 400 g/mol. The molecule has 1 aromatic heterocycles. The minimum atomic E-state index is -0.612. The number of hydrogen-bond donors (Lipinski definition) is 1. The monoisotopic (exact) mass is 399 g/mol. The Bertz CT molecular complexity index is 1060. The molecule has 0 saturated carbocycles. The summed E-state index contributed by atoms with van der Waals surface area (Å²) in [4.78, 5) is 27.5. The van der Waals surface area contributed by atoms with Crippen LogP contribution in [0.15, 0.2) is 41.8 Å². The number of nitrogens with zero attached hydrogens (tertiary/aromatic N) is 2. The molecule has 1 amide bonds. The quantitative estimate of drug-likeness (QED) is 0.487. The lowest BCUT2D eigenvalue weighted by Gasteiger charge is -2.04. The van der Waals surface area contributed by atoms with Crippen LogP contribution in [-0.2, 0) is 12.8 Å². The van der Waals surface area contributed by atoms with Crippen molar-refractivity contribution in [2.45, 2.75) is 19.3 Å². The van der Waals surface area contributed by atoms with E-state index >= 15 is 0 Å². The van der Waals surface area contributed by atoms with E-state index in [-0.39, 0.29) is 16.3 Å². The number of anilines is 1. The molecule has 0 atom stereocenters. The fourth-order valence-electron chi connectivity index (χ4n) is 3.21. The molecule has 0 spiro atoms. The van der Waals surface area contributed by atoms with Crippen LogP contribution >= 0.6 is 22.9 Å². The first-order valence-corrected chi connectivity index (χ1v) is 9.60. The normalized spacial score (nSPS) is 12.6. The predicted molar refractivity (Wildman–Crippen MR) is 106 cm³/mol. The summed E-state index contributed by atoms with van der Waals surface area (Å²) in [5.74, 6) is -0.612. The zero-order valence-corrected chi connectivity index (χ0v) is 15.6. The van der Waals surface area contributed by atoms with Crippen molar-refractivity contribution in [1.82, 2.24) is 4.98 Å². The average Bonchev–Trinajstić information content (AvgIpc) is 3.29. The van der Waals surface area contributed by atoms with Gasteiger partial charge in [0.1, 0.15) is 5.56 Å². The Kier molecular flexibility index (Phi) is 4.63. The summed E-state index contributed by atoms with van der Waals surface area (Å²) in [6.07, 6.45) is 3.37. The van der Waals surface area contributed by atoms with Crippen LogP contribution in [0.1, 0.15) is 27.9 Å². The van der Waals surface area contributed by atoms with Gasteiger partial charge in [-0.05, 0) is 48.6 Å². The summed E-state index contributed by atoms with van der Waals surface area (Å²) in [7, 11) is 0. The van der Waals surface area contributed by atoms with Crippen molar-refractivity contribution in [3.05, 3.63) is 73.6 Å². The zero-order chi connectivity index (χ0) is 19.0. The van der Waals surface area contributed by atoms with Gasteiger partial charge in [-0.15, -0.1) is 11.3 Å². The molecule has 0 saturated heterocycles. The summed E-state index contributed by atoms with van der Waals surface area (Å²) in [5.41, 5.74) is 4.11. The second-order valence-electron chi connectivity index (χ2n) is 6.25. The molecule has 0 unspecified atom stereocenters. The van der Waals surface area contributed by atoms with E-state index in [4.69, 9.17) is 11.6 Å². The second-order valence-corrected chi connectivity index (χ2v) is 7.54. The topological polar surface area (TPSA) is 85.1 Å². The number of nitro groups is 1. The highest BCUT2D eigenvalue weighted by atomic mass is 35.5. The van der Waals surface area contributed by atoms with Gasteiger partial charge in [0.15, 0.2) is 5.13 Å². The first-order valence-electron chi connectivity index (χ1n) is 8.34. The van der Waals surface area contributed by atoms with E-state index in [1.807, 2.05) is 11.4 Å². The van der Waals surface area contributed by atoms with Crippen LogP contribution in [0.5, 0.6) is 0 Å². The summed E-state index contributed by atoms with van der Waals surface area (Å²) in [6.45, 7) is 0.